The molecule has 2 aromatic heterocycles. The van der Waals surface area contributed by atoms with E-state index in [2.05, 4.69) is 15.5 Å². The van der Waals surface area contributed by atoms with Gasteiger partial charge in [0.05, 0.1) is 12.8 Å². The van der Waals surface area contributed by atoms with Gasteiger partial charge in [-0.15, -0.1) is 0 Å². The Morgan fingerprint density at radius 3 is 2.79 bits per heavy atom. The normalized spacial score (nSPS) is 10.9. The smallest absolute Gasteiger partial charge is 0.227 e. The third-order valence-electron chi connectivity index (χ3n) is 4.32. The lowest BCUT2D eigenvalue weighted by atomic mass is 10.2. The molecular weight excluding hydrogens is 358 g/mol. The minimum atomic E-state index is -0.147. The molecule has 7 heteroatoms. The Bertz CT molecular complexity index is 1110. The summed E-state index contributed by atoms with van der Waals surface area (Å²) in [5, 5.41) is 7.81. The van der Waals surface area contributed by atoms with Crippen LogP contribution in [-0.4, -0.2) is 23.2 Å². The number of fused-ring (bicyclic) bond motifs is 1. The van der Waals surface area contributed by atoms with Gasteiger partial charge in [0, 0.05) is 23.8 Å². The SMILES string of the molecule is COc1ccc(-c2noc(CCC(=O)Nc3cccc4cc(C)oc34)n2)cc1. The Morgan fingerprint density at radius 1 is 1.18 bits per heavy atom. The molecule has 0 spiro atoms. The van der Waals surface area contributed by atoms with Gasteiger partial charge < -0.3 is 19.0 Å². The quantitative estimate of drug-likeness (QED) is 0.536. The summed E-state index contributed by atoms with van der Waals surface area (Å²) in [6.45, 7) is 1.88. The molecule has 1 amide bonds. The van der Waals surface area contributed by atoms with Crippen molar-refractivity contribution < 1.29 is 18.5 Å². The second-order valence-electron chi connectivity index (χ2n) is 6.37. The lowest BCUT2D eigenvalue weighted by molar-refractivity contribution is -0.116. The predicted molar refractivity (Wildman–Crippen MR) is 104 cm³/mol. The average Bonchev–Trinajstić information content (AvgIpc) is 3.33. The fourth-order valence-electron chi connectivity index (χ4n) is 2.94. The number of aromatic nitrogens is 2. The van der Waals surface area contributed by atoms with Crippen molar-refractivity contribution in [2.45, 2.75) is 19.8 Å². The van der Waals surface area contributed by atoms with Gasteiger partial charge in [0.1, 0.15) is 11.5 Å². The minimum absolute atomic E-state index is 0.147. The van der Waals surface area contributed by atoms with E-state index in [9.17, 15) is 4.79 Å². The lowest BCUT2D eigenvalue weighted by Gasteiger charge is -2.04. The highest BCUT2D eigenvalue weighted by molar-refractivity contribution is 5.99. The van der Waals surface area contributed by atoms with Gasteiger partial charge in [0.2, 0.25) is 17.6 Å². The van der Waals surface area contributed by atoms with E-state index >= 15 is 0 Å². The lowest BCUT2D eigenvalue weighted by Crippen LogP contribution is -2.12. The molecule has 28 heavy (non-hydrogen) atoms. The van der Waals surface area contributed by atoms with E-state index in [0.29, 0.717) is 29.4 Å². The summed E-state index contributed by atoms with van der Waals surface area (Å²) >= 11 is 0. The molecule has 0 saturated heterocycles. The molecule has 2 heterocycles. The van der Waals surface area contributed by atoms with Crippen molar-refractivity contribution in [3.8, 4) is 17.1 Å². The van der Waals surface area contributed by atoms with Crippen LogP contribution < -0.4 is 10.1 Å². The first-order chi connectivity index (χ1) is 13.6. The van der Waals surface area contributed by atoms with Crippen LogP contribution in [0.3, 0.4) is 0 Å². The first kappa shape index (κ1) is 17.8. The van der Waals surface area contributed by atoms with Crippen LogP contribution in [0.15, 0.2) is 57.5 Å². The highest BCUT2D eigenvalue weighted by Crippen LogP contribution is 2.26. The number of furan rings is 1. The molecule has 142 valence electrons. The number of hydrogen-bond acceptors (Lipinski definition) is 6. The highest BCUT2D eigenvalue weighted by atomic mass is 16.5. The summed E-state index contributed by atoms with van der Waals surface area (Å²) in [4.78, 5) is 16.7. The van der Waals surface area contributed by atoms with Crippen LogP contribution in [-0.2, 0) is 11.2 Å². The highest BCUT2D eigenvalue weighted by Gasteiger charge is 2.13. The molecule has 7 nitrogen and oxygen atoms in total. The maximum absolute atomic E-state index is 12.3. The number of nitrogens with zero attached hydrogens (tertiary/aromatic N) is 2. The number of para-hydroxylation sites is 1. The van der Waals surface area contributed by atoms with Crippen LogP contribution in [0.2, 0.25) is 0 Å². The van der Waals surface area contributed by atoms with Crippen molar-refractivity contribution in [1.82, 2.24) is 10.1 Å². The van der Waals surface area contributed by atoms with Crippen molar-refractivity contribution in [2.24, 2.45) is 0 Å². The molecule has 0 saturated carbocycles. The molecule has 1 N–H and O–H groups in total. The van der Waals surface area contributed by atoms with E-state index in [1.807, 2.05) is 55.5 Å². The standard InChI is InChI=1S/C21H19N3O4/c1-13-12-15-4-3-5-17(20(15)27-13)22-18(25)10-11-19-23-21(24-28-19)14-6-8-16(26-2)9-7-14/h3-9,12H,10-11H2,1-2H3,(H,22,25). The largest absolute Gasteiger partial charge is 0.497 e. The molecule has 0 aliphatic heterocycles. The summed E-state index contributed by atoms with van der Waals surface area (Å²) < 4.78 is 16.1. The number of amides is 1. The molecule has 0 radical (unpaired) electrons. The number of ether oxygens (including phenoxy) is 1. The van der Waals surface area contributed by atoms with Crippen molar-refractivity contribution >= 4 is 22.6 Å². The van der Waals surface area contributed by atoms with E-state index < -0.39 is 0 Å². The molecule has 0 bridgehead atoms. The number of methoxy groups -OCH3 is 1. The van der Waals surface area contributed by atoms with Gasteiger partial charge in [0.25, 0.3) is 0 Å². The Hall–Kier alpha value is -3.61. The minimum Gasteiger partial charge on any atom is -0.497 e. The van der Waals surface area contributed by atoms with Gasteiger partial charge in [-0.2, -0.15) is 4.98 Å². The summed E-state index contributed by atoms with van der Waals surface area (Å²) in [6, 6.07) is 14.9. The van der Waals surface area contributed by atoms with Crippen LogP contribution >= 0.6 is 0 Å². The van der Waals surface area contributed by atoms with E-state index in [1.54, 1.807) is 7.11 Å². The van der Waals surface area contributed by atoms with E-state index in [0.717, 1.165) is 22.5 Å². The van der Waals surface area contributed by atoms with Gasteiger partial charge in [-0.3, -0.25) is 4.79 Å². The number of rotatable bonds is 6. The van der Waals surface area contributed by atoms with Crippen LogP contribution in [0.5, 0.6) is 5.75 Å². The molecule has 2 aromatic carbocycles. The Labute approximate surface area is 161 Å². The number of nitrogens with one attached hydrogen (secondary N) is 1. The fourth-order valence-corrected chi connectivity index (χ4v) is 2.94. The van der Waals surface area contributed by atoms with Crippen molar-refractivity contribution in [3.63, 3.8) is 0 Å². The maximum Gasteiger partial charge on any atom is 0.227 e. The summed E-state index contributed by atoms with van der Waals surface area (Å²) in [6.07, 6.45) is 0.572. The van der Waals surface area contributed by atoms with Crippen LogP contribution in [0.25, 0.3) is 22.4 Å². The topological polar surface area (TPSA) is 90.4 Å². The van der Waals surface area contributed by atoms with Gasteiger partial charge in [-0.05, 0) is 43.3 Å². The molecule has 0 aliphatic rings. The zero-order valence-electron chi connectivity index (χ0n) is 15.6. The van der Waals surface area contributed by atoms with Crippen LogP contribution in [0.1, 0.15) is 18.1 Å². The molecule has 4 rings (SSSR count). The second-order valence-corrected chi connectivity index (χ2v) is 6.37. The monoisotopic (exact) mass is 377 g/mol. The van der Waals surface area contributed by atoms with Gasteiger partial charge >= 0.3 is 0 Å². The second kappa shape index (κ2) is 7.56. The molecule has 0 aliphatic carbocycles. The summed E-state index contributed by atoms with van der Waals surface area (Å²) in [5.41, 5.74) is 2.15. The fraction of sp³-hybridized carbons (Fsp3) is 0.190. The molecular formula is C21H19N3O4. The summed E-state index contributed by atoms with van der Waals surface area (Å²) in [7, 11) is 1.61. The number of anilines is 1. The number of aryl methyl sites for hydroxylation is 2. The maximum atomic E-state index is 12.3. The zero-order valence-corrected chi connectivity index (χ0v) is 15.6. The first-order valence-corrected chi connectivity index (χ1v) is 8.88. The molecule has 4 aromatic rings. The Kier molecular flexibility index (Phi) is 4.80. The van der Waals surface area contributed by atoms with Gasteiger partial charge in [-0.1, -0.05) is 17.3 Å². The number of benzene rings is 2. The third-order valence-corrected chi connectivity index (χ3v) is 4.32. The molecule has 0 fully saturated rings. The van der Waals surface area contributed by atoms with E-state index in [-0.39, 0.29) is 12.3 Å². The number of carbonyl (C=O) groups is 1. The number of hydrogen-bond donors (Lipinski definition) is 1. The van der Waals surface area contributed by atoms with Gasteiger partial charge in [-0.25, -0.2) is 0 Å². The Morgan fingerprint density at radius 2 is 2.00 bits per heavy atom. The van der Waals surface area contributed by atoms with Crippen LogP contribution in [0, 0.1) is 6.92 Å². The van der Waals surface area contributed by atoms with E-state index in [1.165, 1.54) is 0 Å². The van der Waals surface area contributed by atoms with Crippen molar-refractivity contribution in [2.75, 3.05) is 12.4 Å². The molecule has 0 unspecified atom stereocenters. The van der Waals surface area contributed by atoms with Gasteiger partial charge in [0.15, 0.2) is 5.58 Å². The van der Waals surface area contributed by atoms with Crippen molar-refractivity contribution in [3.05, 3.63) is 60.2 Å². The zero-order chi connectivity index (χ0) is 19.5. The summed E-state index contributed by atoms with van der Waals surface area (Å²) in [5.74, 6) is 2.30. The Balaban J connectivity index is 1.39. The van der Waals surface area contributed by atoms with Crippen molar-refractivity contribution in [1.29, 1.82) is 0 Å². The van der Waals surface area contributed by atoms with E-state index in [4.69, 9.17) is 13.7 Å². The average molecular weight is 377 g/mol. The first-order valence-electron chi connectivity index (χ1n) is 8.88. The van der Waals surface area contributed by atoms with Crippen LogP contribution in [0.4, 0.5) is 5.69 Å². The predicted octanol–water partition coefficient (Wildman–Crippen LogP) is 4.37. The third kappa shape index (κ3) is 3.73. The molecule has 0 atom stereocenters. The number of carbonyl (C=O) groups excluding carboxylic acids is 1.